The van der Waals surface area contributed by atoms with Gasteiger partial charge in [0.2, 0.25) is 0 Å². The lowest BCUT2D eigenvalue weighted by atomic mass is 10.0. The van der Waals surface area contributed by atoms with Crippen LogP contribution in [0.1, 0.15) is 51.0 Å². The van der Waals surface area contributed by atoms with E-state index >= 15 is 0 Å². The molecule has 4 unspecified atom stereocenters. The summed E-state index contributed by atoms with van der Waals surface area (Å²) in [7, 11) is 0. The Hall–Kier alpha value is -0.860. The molecule has 1 aromatic rings. The van der Waals surface area contributed by atoms with E-state index in [1.54, 1.807) is 0 Å². The van der Waals surface area contributed by atoms with Gasteiger partial charge in [-0.1, -0.05) is 37.3 Å². The molecule has 2 heteroatoms. The van der Waals surface area contributed by atoms with Gasteiger partial charge in [-0.3, -0.25) is 4.90 Å². The van der Waals surface area contributed by atoms with E-state index < -0.39 is 0 Å². The maximum atomic E-state index is 3.76. The second kappa shape index (κ2) is 6.28. The monoisotopic (exact) mass is 272 g/mol. The summed E-state index contributed by atoms with van der Waals surface area (Å²) in [6.45, 7) is 7.18. The molecule has 1 N–H and O–H groups in total. The normalized spacial score (nSPS) is 35.3. The van der Waals surface area contributed by atoms with E-state index in [1.807, 2.05) is 0 Å². The smallest absolute Gasteiger partial charge is 0.0171 e. The highest BCUT2D eigenvalue weighted by molar-refractivity contribution is 5.27. The second-order valence-electron chi connectivity index (χ2n) is 6.61. The molecule has 110 valence electrons. The summed E-state index contributed by atoms with van der Waals surface area (Å²) in [6, 6.07) is 13.3. The van der Waals surface area contributed by atoms with Gasteiger partial charge in [-0.25, -0.2) is 0 Å². The Morgan fingerprint density at radius 1 is 1.15 bits per heavy atom. The summed E-state index contributed by atoms with van der Waals surface area (Å²) < 4.78 is 0. The number of rotatable bonds is 3. The minimum Gasteiger partial charge on any atom is -0.311 e. The minimum atomic E-state index is 0.664. The van der Waals surface area contributed by atoms with Crippen molar-refractivity contribution in [2.24, 2.45) is 0 Å². The van der Waals surface area contributed by atoms with Crippen molar-refractivity contribution in [1.29, 1.82) is 0 Å². The Morgan fingerprint density at radius 2 is 1.90 bits per heavy atom. The Morgan fingerprint density at radius 3 is 2.65 bits per heavy atom. The molecular weight excluding hydrogens is 244 g/mol. The predicted molar refractivity (Wildman–Crippen MR) is 85.1 cm³/mol. The molecule has 0 spiro atoms. The molecule has 4 atom stereocenters. The lowest BCUT2D eigenvalue weighted by Gasteiger charge is -2.32. The second-order valence-corrected chi connectivity index (χ2v) is 6.61. The summed E-state index contributed by atoms with van der Waals surface area (Å²) in [6.07, 6.45) is 5.21. The van der Waals surface area contributed by atoms with Crippen LogP contribution in [-0.2, 0) is 0 Å². The molecule has 1 aliphatic carbocycles. The molecule has 2 fully saturated rings. The predicted octanol–water partition coefficient (Wildman–Crippen LogP) is 3.40. The topological polar surface area (TPSA) is 15.3 Å². The van der Waals surface area contributed by atoms with E-state index in [1.165, 1.54) is 44.3 Å². The molecule has 1 saturated heterocycles. The molecule has 0 aromatic heterocycles. The van der Waals surface area contributed by atoms with Crippen LogP contribution in [-0.4, -0.2) is 36.1 Å². The van der Waals surface area contributed by atoms with Gasteiger partial charge in [-0.05, 0) is 51.3 Å². The van der Waals surface area contributed by atoms with Crippen LogP contribution < -0.4 is 5.32 Å². The summed E-state index contributed by atoms with van der Waals surface area (Å²) in [5.74, 6) is 0.791. The zero-order valence-electron chi connectivity index (χ0n) is 12.9. The Bertz CT molecular complexity index is 417. The van der Waals surface area contributed by atoms with Gasteiger partial charge in [0.1, 0.15) is 0 Å². The van der Waals surface area contributed by atoms with Gasteiger partial charge >= 0.3 is 0 Å². The molecule has 0 bridgehead atoms. The van der Waals surface area contributed by atoms with Crippen LogP contribution in [0.3, 0.4) is 0 Å². The lowest BCUT2D eigenvalue weighted by molar-refractivity contribution is 0.202. The molecule has 2 nitrogen and oxygen atoms in total. The fourth-order valence-electron chi connectivity index (χ4n) is 3.66. The summed E-state index contributed by atoms with van der Waals surface area (Å²) in [5.41, 5.74) is 1.54. The van der Waals surface area contributed by atoms with Crippen molar-refractivity contribution in [2.45, 2.75) is 63.6 Å². The quantitative estimate of drug-likeness (QED) is 0.907. The molecular formula is C18H28N2. The molecule has 1 aromatic carbocycles. The third kappa shape index (κ3) is 3.24. The fourth-order valence-corrected chi connectivity index (χ4v) is 3.66. The van der Waals surface area contributed by atoms with Gasteiger partial charge in [0.05, 0.1) is 0 Å². The van der Waals surface area contributed by atoms with E-state index in [0.29, 0.717) is 12.1 Å². The van der Waals surface area contributed by atoms with Crippen molar-refractivity contribution >= 4 is 0 Å². The highest BCUT2D eigenvalue weighted by Gasteiger charge is 2.42. The average molecular weight is 272 g/mol. The molecule has 2 aliphatic rings. The van der Waals surface area contributed by atoms with Crippen molar-refractivity contribution in [3.05, 3.63) is 35.9 Å². The largest absolute Gasteiger partial charge is 0.311 e. The first-order valence-corrected chi connectivity index (χ1v) is 8.33. The van der Waals surface area contributed by atoms with E-state index in [0.717, 1.165) is 12.0 Å². The molecule has 3 rings (SSSR count). The Balaban J connectivity index is 1.60. The standard InChI is InChI=1S/C18H28N2/c1-3-16-10-12-20(11-9-14(2)19-16)18-13-17(18)15-7-5-4-6-8-15/h4-8,14,16-19H,3,9-13H2,1-2H3. The maximum Gasteiger partial charge on any atom is 0.0171 e. The molecule has 1 aliphatic heterocycles. The lowest BCUT2D eigenvalue weighted by Crippen LogP contribution is -2.44. The average Bonchev–Trinajstić information content (AvgIpc) is 3.24. The van der Waals surface area contributed by atoms with Gasteiger partial charge in [-0.2, -0.15) is 0 Å². The van der Waals surface area contributed by atoms with Crippen molar-refractivity contribution in [2.75, 3.05) is 13.1 Å². The fraction of sp³-hybridized carbons (Fsp3) is 0.667. The number of nitrogens with zero attached hydrogens (tertiary/aromatic N) is 1. The number of hydrogen-bond donors (Lipinski definition) is 1. The zero-order chi connectivity index (χ0) is 13.9. The highest BCUT2D eigenvalue weighted by Crippen LogP contribution is 2.44. The SMILES string of the molecule is CCC1CCN(C2CC2c2ccccc2)CCC(C)N1. The molecule has 0 radical (unpaired) electrons. The third-order valence-corrected chi connectivity index (χ3v) is 5.08. The first kappa shape index (κ1) is 14.1. The van der Waals surface area contributed by atoms with Crippen molar-refractivity contribution < 1.29 is 0 Å². The van der Waals surface area contributed by atoms with E-state index in [2.05, 4.69) is 54.4 Å². The van der Waals surface area contributed by atoms with E-state index in [9.17, 15) is 0 Å². The van der Waals surface area contributed by atoms with Crippen LogP contribution in [0.25, 0.3) is 0 Å². The van der Waals surface area contributed by atoms with Crippen LogP contribution in [0.5, 0.6) is 0 Å². The molecule has 1 saturated carbocycles. The summed E-state index contributed by atoms with van der Waals surface area (Å²) in [5, 5.41) is 3.76. The number of hydrogen-bond acceptors (Lipinski definition) is 2. The third-order valence-electron chi connectivity index (χ3n) is 5.08. The van der Waals surface area contributed by atoms with Crippen LogP contribution in [0.15, 0.2) is 30.3 Å². The Labute approximate surface area is 123 Å². The Kier molecular flexibility index (Phi) is 4.42. The van der Waals surface area contributed by atoms with Gasteiger partial charge in [-0.15, -0.1) is 0 Å². The molecule has 0 amide bonds. The summed E-state index contributed by atoms with van der Waals surface area (Å²) >= 11 is 0. The van der Waals surface area contributed by atoms with Crippen molar-refractivity contribution in [1.82, 2.24) is 10.2 Å². The van der Waals surface area contributed by atoms with Crippen LogP contribution in [0.4, 0.5) is 0 Å². The van der Waals surface area contributed by atoms with Gasteiger partial charge in [0.25, 0.3) is 0 Å². The highest BCUT2D eigenvalue weighted by atomic mass is 15.2. The first-order chi connectivity index (χ1) is 9.78. The van der Waals surface area contributed by atoms with Gasteiger partial charge < -0.3 is 5.32 Å². The number of benzene rings is 1. The van der Waals surface area contributed by atoms with E-state index in [-0.39, 0.29) is 0 Å². The maximum absolute atomic E-state index is 3.76. The van der Waals surface area contributed by atoms with Crippen LogP contribution >= 0.6 is 0 Å². The summed E-state index contributed by atoms with van der Waals surface area (Å²) in [4.78, 5) is 2.76. The molecule has 1 heterocycles. The first-order valence-electron chi connectivity index (χ1n) is 8.33. The van der Waals surface area contributed by atoms with E-state index in [4.69, 9.17) is 0 Å². The minimum absolute atomic E-state index is 0.664. The van der Waals surface area contributed by atoms with Crippen LogP contribution in [0.2, 0.25) is 0 Å². The van der Waals surface area contributed by atoms with Crippen molar-refractivity contribution in [3.8, 4) is 0 Å². The van der Waals surface area contributed by atoms with Crippen molar-refractivity contribution in [3.63, 3.8) is 0 Å². The van der Waals surface area contributed by atoms with Gasteiger partial charge in [0, 0.05) is 24.0 Å². The van der Waals surface area contributed by atoms with Gasteiger partial charge in [0.15, 0.2) is 0 Å². The zero-order valence-corrected chi connectivity index (χ0v) is 12.9. The number of nitrogens with one attached hydrogen (secondary N) is 1. The van der Waals surface area contributed by atoms with Crippen LogP contribution in [0, 0.1) is 0 Å². The molecule has 20 heavy (non-hydrogen) atoms.